The summed E-state index contributed by atoms with van der Waals surface area (Å²) in [6, 6.07) is 6.29. The van der Waals surface area contributed by atoms with Gasteiger partial charge in [0.15, 0.2) is 0 Å². The summed E-state index contributed by atoms with van der Waals surface area (Å²) in [6.45, 7) is 4.39. The van der Waals surface area contributed by atoms with Gasteiger partial charge in [-0.2, -0.15) is 4.98 Å². The van der Waals surface area contributed by atoms with Gasteiger partial charge < -0.3 is 10.1 Å². The standard InChI is InChI=1S/C12H20N2O/c1-4-7-10(5-2)13-11-8-6-9-12(14-11)15-3/h6,8-10H,4-5,7H2,1-3H3,(H,13,14). The topological polar surface area (TPSA) is 34.1 Å². The fourth-order valence-electron chi connectivity index (χ4n) is 1.54. The first-order valence-corrected chi connectivity index (χ1v) is 5.57. The fraction of sp³-hybridized carbons (Fsp3) is 0.583. The quantitative estimate of drug-likeness (QED) is 0.780. The van der Waals surface area contributed by atoms with Gasteiger partial charge in [0.25, 0.3) is 0 Å². The Labute approximate surface area is 91.9 Å². The Kier molecular flexibility index (Phi) is 4.95. The van der Waals surface area contributed by atoms with Crippen LogP contribution in [0.15, 0.2) is 18.2 Å². The van der Waals surface area contributed by atoms with Crippen molar-refractivity contribution < 1.29 is 4.74 Å². The molecule has 0 spiro atoms. The zero-order valence-electron chi connectivity index (χ0n) is 9.79. The van der Waals surface area contributed by atoms with Gasteiger partial charge in [-0.25, -0.2) is 0 Å². The van der Waals surface area contributed by atoms with Crippen LogP contribution >= 0.6 is 0 Å². The summed E-state index contributed by atoms with van der Waals surface area (Å²) in [7, 11) is 1.63. The van der Waals surface area contributed by atoms with E-state index in [-0.39, 0.29) is 0 Å². The molecule has 1 heterocycles. The summed E-state index contributed by atoms with van der Waals surface area (Å²) in [5.41, 5.74) is 0. The molecule has 0 saturated heterocycles. The van der Waals surface area contributed by atoms with E-state index in [0.29, 0.717) is 11.9 Å². The summed E-state index contributed by atoms with van der Waals surface area (Å²) in [5, 5.41) is 3.41. The highest BCUT2D eigenvalue weighted by atomic mass is 16.5. The Hall–Kier alpha value is -1.25. The van der Waals surface area contributed by atoms with Crippen LogP contribution in [0.3, 0.4) is 0 Å². The Balaban J connectivity index is 2.61. The van der Waals surface area contributed by atoms with Crippen LogP contribution in [0.5, 0.6) is 5.88 Å². The van der Waals surface area contributed by atoms with Crippen LogP contribution < -0.4 is 10.1 Å². The van der Waals surface area contributed by atoms with Gasteiger partial charge in [0.2, 0.25) is 5.88 Å². The zero-order valence-corrected chi connectivity index (χ0v) is 9.79. The number of nitrogens with zero attached hydrogens (tertiary/aromatic N) is 1. The van der Waals surface area contributed by atoms with Crippen molar-refractivity contribution in [1.82, 2.24) is 4.98 Å². The molecule has 3 nitrogen and oxygen atoms in total. The number of anilines is 1. The van der Waals surface area contributed by atoms with E-state index >= 15 is 0 Å². The molecular formula is C12H20N2O. The first-order valence-electron chi connectivity index (χ1n) is 5.57. The second-order valence-electron chi connectivity index (χ2n) is 3.60. The highest BCUT2D eigenvalue weighted by molar-refractivity contribution is 5.37. The van der Waals surface area contributed by atoms with Crippen molar-refractivity contribution in [3.05, 3.63) is 18.2 Å². The maximum Gasteiger partial charge on any atom is 0.214 e. The van der Waals surface area contributed by atoms with Crippen molar-refractivity contribution in [1.29, 1.82) is 0 Å². The predicted octanol–water partition coefficient (Wildman–Crippen LogP) is 3.08. The number of pyridine rings is 1. The molecule has 15 heavy (non-hydrogen) atoms. The van der Waals surface area contributed by atoms with Gasteiger partial charge in [0.05, 0.1) is 7.11 Å². The Morgan fingerprint density at radius 1 is 1.40 bits per heavy atom. The van der Waals surface area contributed by atoms with Gasteiger partial charge in [0, 0.05) is 12.1 Å². The van der Waals surface area contributed by atoms with Crippen molar-refractivity contribution in [3.63, 3.8) is 0 Å². The lowest BCUT2D eigenvalue weighted by Crippen LogP contribution is -2.18. The summed E-state index contributed by atoms with van der Waals surface area (Å²) < 4.78 is 5.08. The first kappa shape index (κ1) is 11.8. The highest BCUT2D eigenvalue weighted by Gasteiger charge is 2.05. The molecule has 1 unspecified atom stereocenters. The molecule has 0 radical (unpaired) electrons. The molecule has 3 heteroatoms. The number of nitrogens with one attached hydrogen (secondary N) is 1. The average Bonchev–Trinajstić information content (AvgIpc) is 2.29. The molecule has 84 valence electrons. The average molecular weight is 208 g/mol. The third kappa shape index (κ3) is 3.78. The Morgan fingerprint density at radius 3 is 2.80 bits per heavy atom. The minimum Gasteiger partial charge on any atom is -0.481 e. The maximum atomic E-state index is 5.08. The van der Waals surface area contributed by atoms with E-state index in [1.165, 1.54) is 12.8 Å². The monoisotopic (exact) mass is 208 g/mol. The Bertz CT molecular complexity index is 289. The van der Waals surface area contributed by atoms with Crippen molar-refractivity contribution in [2.75, 3.05) is 12.4 Å². The number of rotatable bonds is 6. The van der Waals surface area contributed by atoms with Crippen LogP contribution in [0.25, 0.3) is 0 Å². The minimum absolute atomic E-state index is 0.509. The zero-order chi connectivity index (χ0) is 11.1. The molecule has 0 amide bonds. The molecule has 1 aromatic heterocycles. The Morgan fingerprint density at radius 2 is 2.20 bits per heavy atom. The lowest BCUT2D eigenvalue weighted by molar-refractivity contribution is 0.398. The molecule has 0 saturated carbocycles. The normalized spacial score (nSPS) is 12.2. The molecule has 0 aliphatic heterocycles. The third-order valence-electron chi connectivity index (χ3n) is 2.41. The lowest BCUT2D eigenvalue weighted by Gasteiger charge is -2.16. The van der Waals surface area contributed by atoms with Crippen LogP contribution in [-0.2, 0) is 0 Å². The van der Waals surface area contributed by atoms with E-state index in [0.717, 1.165) is 12.2 Å². The third-order valence-corrected chi connectivity index (χ3v) is 2.41. The highest BCUT2D eigenvalue weighted by Crippen LogP contribution is 2.14. The number of ether oxygens (including phenoxy) is 1. The number of hydrogen-bond acceptors (Lipinski definition) is 3. The van der Waals surface area contributed by atoms with Gasteiger partial charge >= 0.3 is 0 Å². The number of hydrogen-bond donors (Lipinski definition) is 1. The maximum absolute atomic E-state index is 5.08. The molecule has 0 aliphatic rings. The number of aromatic nitrogens is 1. The van der Waals surface area contributed by atoms with Crippen molar-refractivity contribution in [3.8, 4) is 5.88 Å². The van der Waals surface area contributed by atoms with Gasteiger partial charge in [-0.3, -0.25) is 0 Å². The van der Waals surface area contributed by atoms with Crippen LogP contribution in [-0.4, -0.2) is 18.1 Å². The van der Waals surface area contributed by atoms with E-state index in [1.807, 2.05) is 18.2 Å². The second-order valence-corrected chi connectivity index (χ2v) is 3.60. The molecule has 1 aromatic rings. The van der Waals surface area contributed by atoms with Gasteiger partial charge in [-0.15, -0.1) is 0 Å². The van der Waals surface area contributed by atoms with Crippen molar-refractivity contribution in [2.24, 2.45) is 0 Å². The van der Waals surface area contributed by atoms with E-state index in [1.54, 1.807) is 7.11 Å². The van der Waals surface area contributed by atoms with E-state index in [9.17, 15) is 0 Å². The molecule has 0 bridgehead atoms. The van der Waals surface area contributed by atoms with Gasteiger partial charge in [-0.1, -0.05) is 26.3 Å². The smallest absolute Gasteiger partial charge is 0.214 e. The van der Waals surface area contributed by atoms with Gasteiger partial charge in [-0.05, 0) is 18.9 Å². The summed E-state index contributed by atoms with van der Waals surface area (Å²) >= 11 is 0. The van der Waals surface area contributed by atoms with E-state index in [4.69, 9.17) is 4.74 Å². The van der Waals surface area contributed by atoms with Crippen LogP contribution in [0.4, 0.5) is 5.82 Å². The summed E-state index contributed by atoms with van der Waals surface area (Å²) in [6.07, 6.45) is 3.48. The molecule has 1 atom stereocenters. The van der Waals surface area contributed by atoms with Crippen LogP contribution in [0.2, 0.25) is 0 Å². The van der Waals surface area contributed by atoms with Crippen molar-refractivity contribution in [2.45, 2.75) is 39.2 Å². The van der Waals surface area contributed by atoms with Crippen LogP contribution in [0.1, 0.15) is 33.1 Å². The lowest BCUT2D eigenvalue weighted by atomic mass is 10.1. The molecular weight excluding hydrogens is 188 g/mol. The van der Waals surface area contributed by atoms with Crippen LogP contribution in [0, 0.1) is 0 Å². The molecule has 0 aliphatic carbocycles. The molecule has 1 N–H and O–H groups in total. The minimum atomic E-state index is 0.509. The van der Waals surface area contributed by atoms with E-state index in [2.05, 4.69) is 24.1 Å². The SMILES string of the molecule is CCCC(CC)Nc1cccc(OC)n1. The first-order chi connectivity index (χ1) is 7.30. The molecule has 0 aromatic carbocycles. The van der Waals surface area contributed by atoms with Gasteiger partial charge in [0.1, 0.15) is 5.82 Å². The second kappa shape index (κ2) is 6.27. The summed E-state index contributed by atoms with van der Waals surface area (Å²) in [5.74, 6) is 1.56. The number of methoxy groups -OCH3 is 1. The largest absolute Gasteiger partial charge is 0.481 e. The molecule has 0 fully saturated rings. The van der Waals surface area contributed by atoms with Crippen molar-refractivity contribution >= 4 is 5.82 Å². The van der Waals surface area contributed by atoms with E-state index < -0.39 is 0 Å². The fourth-order valence-corrected chi connectivity index (χ4v) is 1.54. The predicted molar refractivity (Wildman–Crippen MR) is 63.4 cm³/mol. The molecule has 1 rings (SSSR count). The summed E-state index contributed by atoms with van der Waals surface area (Å²) in [4.78, 5) is 4.33.